The highest BCUT2D eigenvalue weighted by atomic mass is 19.1. The van der Waals surface area contributed by atoms with E-state index in [4.69, 9.17) is 18.9 Å². The van der Waals surface area contributed by atoms with Crippen LogP contribution in [0.5, 0.6) is 11.5 Å². The molecule has 30 heteroatoms. The minimum absolute atomic E-state index is 0.0358. The number of hydrogen-bond acceptors (Lipinski definition) is 18. The highest BCUT2D eigenvalue weighted by molar-refractivity contribution is 6.23. The van der Waals surface area contributed by atoms with Crippen LogP contribution in [0.3, 0.4) is 0 Å². The number of hydrogen-bond donors (Lipinski definition) is 6. The van der Waals surface area contributed by atoms with Gasteiger partial charge in [-0.25, -0.2) is 18.4 Å². The number of nitrogens with one attached hydrogen (secondary N) is 6. The molecule has 28 nitrogen and oxygen atoms in total. The van der Waals surface area contributed by atoms with Gasteiger partial charge in [-0.3, -0.25) is 59.0 Å². The van der Waals surface area contributed by atoms with Gasteiger partial charge in [-0.05, 0) is 273 Å². The fourth-order valence-electron chi connectivity index (χ4n) is 18.2. The smallest absolute Gasteiger partial charge is 0.340 e. The standard InChI is InChI=1S/C29H41N5O3.C29H40N4O4.C23H29FN4O2.C23H28FN3O3/c1-19(2)30-27(35)25-21(4)34(18-29(5,6)26-24(25)20(3)31-32-26)28(36)22-10-12-23(13-11-22)37-17-16-33-14-8-7-9-15-33;1-19(2)37-28(35)25-21(4)33(18-29(5,6)26-24(25)20(3)30-31-26)27(34)22-10-12-23(13-11-22)36-17-16-32-14-8-7-9-15-32;1-12(2)25-21(29)19-15(5)28(22(30)16-8-9-17(24)13(3)10-16)11-23(6,7)20-18(19)14(4)26-27-20;1-12(2)30-22(29)19-15(5)27(21(28)16-8-9-17(24)13(3)10-16)11-23(6,7)20-18(19)14(4)25-26-20/h10-13,19H,7-9,14-18H2,1-6H3,(H,30,35)(H,31,32);10-13,19H,7-9,14-18H2,1-6H3,(H,30,31);8-10,12H,11H2,1-7H3,(H,25,29)(H,26,27);8-10,12H,11H2,1-7H3,(H,25,26). The Morgan fingerprint density at radius 2 is 0.619 bits per heavy atom. The second kappa shape index (κ2) is 42.6. The van der Waals surface area contributed by atoms with Crippen LogP contribution in [0.25, 0.3) is 22.3 Å². The number of aromatic amines is 4. The third kappa shape index (κ3) is 23.2. The molecule has 10 heterocycles. The number of aryl methyl sites for hydroxylation is 6. The van der Waals surface area contributed by atoms with E-state index >= 15 is 0 Å². The Bertz CT molecular complexity index is 5470. The molecule has 6 N–H and O–H groups in total. The Balaban J connectivity index is 0.000000173. The molecule has 0 aliphatic carbocycles. The van der Waals surface area contributed by atoms with E-state index in [2.05, 4.69) is 75.1 Å². The van der Waals surface area contributed by atoms with Gasteiger partial charge in [0.2, 0.25) is 0 Å². The number of likely N-dealkylation sites (tertiary alicyclic amines) is 2. The number of H-pyrrole nitrogens is 4. The summed E-state index contributed by atoms with van der Waals surface area (Å²) >= 11 is 0. The van der Waals surface area contributed by atoms with Crippen molar-refractivity contribution >= 4 is 69.7 Å². The number of carbonyl (C=O) groups excluding carboxylic acids is 8. The largest absolute Gasteiger partial charge is 0.492 e. The first kappa shape index (κ1) is 102. The van der Waals surface area contributed by atoms with Gasteiger partial charge in [0.05, 0.1) is 57.3 Å². The van der Waals surface area contributed by atoms with E-state index in [1.165, 1.54) is 68.9 Å². The van der Waals surface area contributed by atoms with Crippen LogP contribution in [0, 0.1) is 53.2 Å². The average Bonchev–Trinajstić information content (AvgIpc) is 1.61. The lowest BCUT2D eigenvalue weighted by Gasteiger charge is -2.30. The number of amides is 6. The molecular weight excluding hydrogens is 1700 g/mol. The summed E-state index contributed by atoms with van der Waals surface area (Å²) < 4.78 is 50.5. The molecule has 2 saturated heterocycles. The molecule has 720 valence electrons. The Morgan fingerprint density at radius 1 is 0.366 bits per heavy atom. The molecule has 0 radical (unpaired) electrons. The van der Waals surface area contributed by atoms with Crippen molar-refractivity contribution in [2.45, 2.75) is 264 Å². The van der Waals surface area contributed by atoms with E-state index in [9.17, 15) is 47.1 Å². The predicted molar refractivity (Wildman–Crippen MR) is 516 cm³/mol. The molecule has 14 rings (SSSR count). The fourth-order valence-corrected chi connectivity index (χ4v) is 18.2. The van der Waals surface area contributed by atoms with Gasteiger partial charge in [0, 0.05) is 163 Å². The molecule has 6 amide bonds. The van der Waals surface area contributed by atoms with Crippen molar-refractivity contribution in [2.75, 3.05) is 78.7 Å². The minimum atomic E-state index is -0.536. The second-order valence-electron chi connectivity index (χ2n) is 39.9. The van der Waals surface area contributed by atoms with Crippen LogP contribution in [-0.4, -0.2) is 221 Å². The quantitative estimate of drug-likeness (QED) is 0.0386. The summed E-state index contributed by atoms with van der Waals surface area (Å²) in [6, 6.07) is 23.1. The van der Waals surface area contributed by atoms with Crippen LogP contribution in [0.2, 0.25) is 0 Å². The highest BCUT2D eigenvalue weighted by Gasteiger charge is 2.46. The minimum Gasteiger partial charge on any atom is -0.492 e. The van der Waals surface area contributed by atoms with Gasteiger partial charge in [0.25, 0.3) is 35.4 Å². The monoisotopic (exact) mass is 1840 g/mol. The van der Waals surface area contributed by atoms with E-state index in [0.29, 0.717) is 129 Å². The lowest BCUT2D eigenvalue weighted by Crippen LogP contribution is -2.39. The summed E-state index contributed by atoms with van der Waals surface area (Å²) in [7, 11) is 0. The van der Waals surface area contributed by atoms with Crippen molar-refractivity contribution in [1.29, 1.82) is 0 Å². The molecule has 0 spiro atoms. The molecule has 0 saturated carbocycles. The van der Waals surface area contributed by atoms with Gasteiger partial charge in [0.15, 0.2) is 0 Å². The number of ether oxygens (including phenoxy) is 4. The van der Waals surface area contributed by atoms with Crippen molar-refractivity contribution < 1.29 is 66.1 Å². The van der Waals surface area contributed by atoms with E-state index in [0.717, 1.165) is 107 Å². The van der Waals surface area contributed by atoms with Gasteiger partial charge in [-0.2, -0.15) is 20.4 Å². The van der Waals surface area contributed by atoms with Gasteiger partial charge < -0.3 is 49.2 Å². The van der Waals surface area contributed by atoms with Gasteiger partial charge >= 0.3 is 11.9 Å². The van der Waals surface area contributed by atoms with Crippen LogP contribution in [0.4, 0.5) is 8.78 Å². The fraction of sp³-hybridized carbons (Fsp3) is 0.500. The third-order valence-corrected chi connectivity index (χ3v) is 25.3. The first-order valence-electron chi connectivity index (χ1n) is 46.8. The normalized spacial score (nSPS) is 17.0. The summed E-state index contributed by atoms with van der Waals surface area (Å²) in [5.41, 5.74) is 13.5. The van der Waals surface area contributed by atoms with E-state index in [1.54, 1.807) is 79.3 Å². The van der Waals surface area contributed by atoms with Crippen LogP contribution >= 0.6 is 0 Å². The number of carbonyl (C=O) groups is 8. The number of nitrogens with zero attached hydrogens (tertiary/aromatic N) is 10. The van der Waals surface area contributed by atoms with Crippen molar-refractivity contribution in [3.05, 3.63) is 221 Å². The van der Waals surface area contributed by atoms with Crippen LogP contribution in [-0.2, 0) is 50.3 Å². The number of esters is 2. The van der Waals surface area contributed by atoms with Crippen LogP contribution < -0.4 is 20.1 Å². The predicted octanol–water partition coefficient (Wildman–Crippen LogP) is 17.1. The third-order valence-electron chi connectivity index (χ3n) is 25.3. The molecule has 0 unspecified atom stereocenters. The molecule has 0 atom stereocenters. The van der Waals surface area contributed by atoms with Gasteiger partial charge in [-0.15, -0.1) is 0 Å². The molecule has 8 aromatic rings. The number of piperidine rings is 2. The van der Waals surface area contributed by atoms with E-state index in [-0.39, 0.29) is 71.4 Å². The van der Waals surface area contributed by atoms with Crippen molar-refractivity contribution in [2.24, 2.45) is 0 Å². The molecule has 6 aliphatic rings. The number of aromatic nitrogens is 8. The zero-order chi connectivity index (χ0) is 98.2. The van der Waals surface area contributed by atoms with Crippen LogP contribution in [0.15, 0.2) is 108 Å². The number of halogens is 2. The first-order valence-corrected chi connectivity index (χ1v) is 46.8. The average molecular weight is 1840 g/mol. The lowest BCUT2D eigenvalue weighted by atomic mass is 9.85. The van der Waals surface area contributed by atoms with Gasteiger partial charge in [-0.1, -0.05) is 68.2 Å². The van der Waals surface area contributed by atoms with E-state index in [1.807, 2.05) is 161 Å². The van der Waals surface area contributed by atoms with Crippen molar-refractivity contribution in [3.63, 3.8) is 0 Å². The molecule has 0 bridgehead atoms. The molecule has 4 aromatic heterocycles. The molecular formula is C104H138F2N16O12. The number of rotatable bonds is 20. The second-order valence-corrected chi connectivity index (χ2v) is 39.9. The molecule has 6 aliphatic heterocycles. The molecule has 134 heavy (non-hydrogen) atoms. The molecule has 2 fully saturated rings. The highest BCUT2D eigenvalue weighted by Crippen LogP contribution is 2.45. The van der Waals surface area contributed by atoms with Crippen molar-refractivity contribution in [3.8, 4) is 11.5 Å². The zero-order valence-electron chi connectivity index (χ0n) is 83.2. The van der Waals surface area contributed by atoms with E-state index < -0.39 is 33.6 Å². The number of benzene rings is 4. The maximum atomic E-state index is 13.8. The molecule has 4 aromatic carbocycles. The summed E-state index contributed by atoms with van der Waals surface area (Å²) in [5.74, 6) is -1.53. The Kier molecular flexibility index (Phi) is 32.5. The number of fused-ring (bicyclic) bond motifs is 4. The lowest BCUT2D eigenvalue weighted by molar-refractivity contribution is -0.141. The van der Waals surface area contributed by atoms with Crippen LogP contribution in [0.1, 0.15) is 297 Å². The topological polar surface area (TPSA) is 332 Å². The SMILES string of the molecule is CC1=C(C(=O)NC(C)C)c2c(n[nH]c2C)C(C)(C)CN1C(=O)c1ccc(F)c(C)c1.CC1=C(C(=O)NC(C)C)c2c(n[nH]c2C)C(C)(C)CN1C(=O)c1ccc(OCCN2CCCCC2)cc1.CC1=C(C(=O)OC(C)C)c2c(n[nH]c2C)C(C)(C)CN1C(=O)c1ccc(F)c(C)c1.CC1=C(C(=O)OC(C)C)c2c(n[nH]c2C)C(C)(C)CN1C(=O)c1ccc(OCCN2CCCCC2)cc1. The van der Waals surface area contributed by atoms with Crippen molar-refractivity contribution in [1.82, 2.24) is 80.8 Å². The maximum absolute atomic E-state index is 13.8. The zero-order valence-corrected chi connectivity index (χ0v) is 83.2. The summed E-state index contributed by atoms with van der Waals surface area (Å²) in [5, 5.41) is 36.0. The maximum Gasteiger partial charge on any atom is 0.340 e. The first-order chi connectivity index (χ1) is 63.0. The summed E-state index contributed by atoms with van der Waals surface area (Å²) in [4.78, 5) is 119. The Labute approximate surface area is 787 Å². The number of allylic oxidation sites excluding steroid dienone is 4. The summed E-state index contributed by atoms with van der Waals surface area (Å²) in [6.45, 7) is 58.0. The summed E-state index contributed by atoms with van der Waals surface area (Å²) in [6.07, 6.45) is 7.09. The Morgan fingerprint density at radius 3 is 0.881 bits per heavy atom. The Hall–Kier alpha value is -12.2. The van der Waals surface area contributed by atoms with Gasteiger partial charge in [0.1, 0.15) is 36.3 Å².